The predicted molar refractivity (Wildman–Crippen MR) is 229 cm³/mol. The SMILES string of the molecule is CCCCC/C=C/C/C=C/CCCCCCCC(=O)OCC(COP(=O)(O)OCC[N+](C)(C)C)OC(=O)CCCCCCCCCCCCCCCCCC. The minimum atomic E-state index is -4.37. The highest BCUT2D eigenvalue weighted by atomic mass is 31.2. The van der Waals surface area contributed by atoms with E-state index in [-0.39, 0.29) is 32.0 Å². The van der Waals surface area contributed by atoms with Gasteiger partial charge in [-0.05, 0) is 44.9 Å². The molecule has 0 spiro atoms. The summed E-state index contributed by atoms with van der Waals surface area (Å²) < 4.78 is 34.3. The zero-order chi connectivity index (χ0) is 40.7. The fraction of sp³-hybridized carbons (Fsp3) is 0.867. The molecular formula is C45H87NO8P+. The monoisotopic (exact) mass is 801 g/mol. The van der Waals surface area contributed by atoms with Crippen LogP contribution in [0, 0.1) is 0 Å². The van der Waals surface area contributed by atoms with E-state index < -0.39 is 26.5 Å². The van der Waals surface area contributed by atoms with E-state index in [9.17, 15) is 19.0 Å². The highest BCUT2D eigenvalue weighted by Crippen LogP contribution is 2.43. The van der Waals surface area contributed by atoms with Gasteiger partial charge in [0.2, 0.25) is 0 Å². The molecule has 0 heterocycles. The number of nitrogens with zero attached hydrogens (tertiary/aromatic N) is 1. The molecule has 0 saturated heterocycles. The number of hydrogen-bond acceptors (Lipinski definition) is 7. The summed E-state index contributed by atoms with van der Waals surface area (Å²) in [5.74, 6) is -0.807. The summed E-state index contributed by atoms with van der Waals surface area (Å²) >= 11 is 0. The largest absolute Gasteiger partial charge is 0.472 e. The number of ether oxygens (including phenoxy) is 2. The van der Waals surface area contributed by atoms with E-state index in [0.29, 0.717) is 17.4 Å². The van der Waals surface area contributed by atoms with Crippen molar-refractivity contribution in [1.82, 2.24) is 0 Å². The zero-order valence-corrected chi connectivity index (χ0v) is 37.3. The van der Waals surface area contributed by atoms with Gasteiger partial charge < -0.3 is 18.9 Å². The Kier molecular flexibility index (Phi) is 37.0. The van der Waals surface area contributed by atoms with Crippen LogP contribution >= 0.6 is 7.82 Å². The van der Waals surface area contributed by atoms with Crippen molar-refractivity contribution in [2.75, 3.05) is 47.5 Å². The van der Waals surface area contributed by atoms with Crippen molar-refractivity contribution in [2.24, 2.45) is 0 Å². The van der Waals surface area contributed by atoms with Crippen LogP contribution in [0.2, 0.25) is 0 Å². The lowest BCUT2D eigenvalue weighted by Crippen LogP contribution is -2.37. The van der Waals surface area contributed by atoms with Gasteiger partial charge in [-0.2, -0.15) is 0 Å². The van der Waals surface area contributed by atoms with Crippen molar-refractivity contribution in [1.29, 1.82) is 0 Å². The Hall–Kier alpha value is -1.51. The van der Waals surface area contributed by atoms with E-state index in [2.05, 4.69) is 38.2 Å². The van der Waals surface area contributed by atoms with E-state index in [1.807, 2.05) is 21.1 Å². The van der Waals surface area contributed by atoms with Gasteiger partial charge in [0.15, 0.2) is 6.10 Å². The lowest BCUT2D eigenvalue weighted by Gasteiger charge is -2.24. The molecule has 0 aliphatic carbocycles. The summed E-state index contributed by atoms with van der Waals surface area (Å²) in [5, 5.41) is 0. The Labute approximate surface area is 339 Å². The first-order chi connectivity index (χ1) is 26.5. The Morgan fingerprint density at radius 3 is 1.47 bits per heavy atom. The number of carbonyl (C=O) groups is 2. The van der Waals surface area contributed by atoms with Crippen LogP contribution in [0.3, 0.4) is 0 Å². The Balaban J connectivity index is 4.35. The fourth-order valence-electron chi connectivity index (χ4n) is 6.16. The highest BCUT2D eigenvalue weighted by Gasteiger charge is 2.27. The first kappa shape index (κ1) is 53.5. The summed E-state index contributed by atoms with van der Waals surface area (Å²) in [4.78, 5) is 35.4. The zero-order valence-electron chi connectivity index (χ0n) is 36.4. The second-order valence-electron chi connectivity index (χ2n) is 16.4. The summed E-state index contributed by atoms with van der Waals surface area (Å²) in [6.07, 6.45) is 40.7. The lowest BCUT2D eigenvalue weighted by molar-refractivity contribution is -0.870. The highest BCUT2D eigenvalue weighted by molar-refractivity contribution is 7.47. The number of rotatable bonds is 41. The number of likely N-dealkylation sites (N-methyl/N-ethyl adjacent to an activating group) is 1. The number of unbranched alkanes of at least 4 members (excludes halogenated alkanes) is 23. The number of carbonyl (C=O) groups excluding carboxylic acids is 2. The number of quaternary nitrogens is 1. The van der Waals surface area contributed by atoms with Gasteiger partial charge >= 0.3 is 19.8 Å². The maximum absolute atomic E-state index is 12.7. The first-order valence-electron chi connectivity index (χ1n) is 22.6. The second-order valence-corrected chi connectivity index (χ2v) is 17.9. The molecule has 0 aromatic carbocycles. The van der Waals surface area contributed by atoms with Gasteiger partial charge in [-0.15, -0.1) is 0 Å². The fourth-order valence-corrected chi connectivity index (χ4v) is 6.90. The maximum Gasteiger partial charge on any atom is 0.472 e. The number of hydrogen-bond donors (Lipinski definition) is 1. The number of phosphoric acid groups is 1. The minimum Gasteiger partial charge on any atom is -0.462 e. The molecule has 0 aliphatic heterocycles. The molecule has 324 valence electrons. The number of esters is 2. The van der Waals surface area contributed by atoms with Gasteiger partial charge in [-0.3, -0.25) is 18.6 Å². The molecule has 10 heteroatoms. The third-order valence-electron chi connectivity index (χ3n) is 9.73. The number of phosphoric ester groups is 1. The van der Waals surface area contributed by atoms with E-state index in [1.165, 1.54) is 109 Å². The molecule has 9 nitrogen and oxygen atoms in total. The smallest absolute Gasteiger partial charge is 0.462 e. The molecule has 0 bridgehead atoms. The van der Waals surface area contributed by atoms with E-state index in [0.717, 1.165) is 57.8 Å². The van der Waals surface area contributed by atoms with Crippen molar-refractivity contribution >= 4 is 19.8 Å². The topological polar surface area (TPSA) is 108 Å². The minimum absolute atomic E-state index is 0.0313. The summed E-state index contributed by atoms with van der Waals surface area (Å²) in [6.45, 7) is 4.40. The van der Waals surface area contributed by atoms with Gasteiger partial charge in [-0.1, -0.05) is 167 Å². The molecule has 2 unspecified atom stereocenters. The van der Waals surface area contributed by atoms with Gasteiger partial charge in [0.05, 0.1) is 27.7 Å². The van der Waals surface area contributed by atoms with Crippen LogP contribution in [0.1, 0.15) is 200 Å². The molecule has 0 aromatic rings. The van der Waals surface area contributed by atoms with Crippen LogP contribution in [0.15, 0.2) is 24.3 Å². The first-order valence-corrected chi connectivity index (χ1v) is 24.1. The summed E-state index contributed by atoms with van der Waals surface area (Å²) in [6, 6.07) is 0. The standard InChI is InChI=1S/C45H86NO8P/c1-6-8-10-12-14-16-18-20-22-24-26-28-30-32-34-36-38-45(48)54-43(42-53-55(49,50)52-40-39-46(3,4)5)41-51-44(47)37-35-33-31-29-27-25-23-21-19-17-15-13-11-9-7-2/h15,17,21,23,43H,6-14,16,18-20,22,24-42H2,1-5H3/p+1/b17-15+,23-21+. The van der Waals surface area contributed by atoms with Crippen LogP contribution in [-0.2, 0) is 32.7 Å². The molecule has 2 atom stereocenters. The van der Waals surface area contributed by atoms with Crippen molar-refractivity contribution in [3.05, 3.63) is 24.3 Å². The van der Waals surface area contributed by atoms with Crippen LogP contribution in [-0.4, -0.2) is 74.9 Å². The van der Waals surface area contributed by atoms with Crippen molar-refractivity contribution in [3.63, 3.8) is 0 Å². The van der Waals surface area contributed by atoms with Crippen molar-refractivity contribution in [3.8, 4) is 0 Å². The maximum atomic E-state index is 12.7. The van der Waals surface area contributed by atoms with Crippen molar-refractivity contribution in [2.45, 2.75) is 206 Å². The Morgan fingerprint density at radius 2 is 0.982 bits per heavy atom. The lowest BCUT2D eigenvalue weighted by atomic mass is 10.0. The van der Waals surface area contributed by atoms with Gasteiger partial charge in [0.1, 0.15) is 19.8 Å². The van der Waals surface area contributed by atoms with Crippen LogP contribution in [0.5, 0.6) is 0 Å². The predicted octanol–water partition coefficient (Wildman–Crippen LogP) is 12.7. The van der Waals surface area contributed by atoms with Crippen LogP contribution < -0.4 is 0 Å². The van der Waals surface area contributed by atoms with Crippen LogP contribution in [0.4, 0.5) is 0 Å². The van der Waals surface area contributed by atoms with E-state index in [4.69, 9.17) is 18.5 Å². The normalized spacial score (nSPS) is 13.8. The molecule has 55 heavy (non-hydrogen) atoms. The average Bonchev–Trinajstić information content (AvgIpc) is 3.13. The molecule has 0 amide bonds. The van der Waals surface area contributed by atoms with Gasteiger partial charge in [0.25, 0.3) is 0 Å². The third-order valence-corrected chi connectivity index (χ3v) is 10.7. The second kappa shape index (κ2) is 38.0. The summed E-state index contributed by atoms with van der Waals surface area (Å²) in [7, 11) is 1.47. The van der Waals surface area contributed by atoms with Crippen molar-refractivity contribution < 1.29 is 42.1 Å². The molecule has 0 saturated carbocycles. The quantitative estimate of drug-likeness (QED) is 0.0214. The van der Waals surface area contributed by atoms with E-state index in [1.54, 1.807) is 0 Å². The number of allylic oxidation sites excluding steroid dienone is 4. The molecule has 0 aliphatic rings. The van der Waals surface area contributed by atoms with Gasteiger partial charge in [-0.25, -0.2) is 4.57 Å². The molecular weight excluding hydrogens is 713 g/mol. The molecule has 0 fully saturated rings. The molecule has 0 rings (SSSR count). The molecule has 0 radical (unpaired) electrons. The third kappa shape index (κ3) is 41.9. The molecule has 1 N–H and O–H groups in total. The van der Waals surface area contributed by atoms with Crippen LogP contribution in [0.25, 0.3) is 0 Å². The summed E-state index contributed by atoms with van der Waals surface area (Å²) in [5.41, 5.74) is 0. The van der Waals surface area contributed by atoms with Gasteiger partial charge in [0, 0.05) is 12.8 Å². The average molecular weight is 801 g/mol. The Morgan fingerprint density at radius 1 is 0.564 bits per heavy atom. The van der Waals surface area contributed by atoms with E-state index >= 15 is 0 Å². The molecule has 0 aromatic heterocycles. The Bertz CT molecular complexity index is 996.